The van der Waals surface area contributed by atoms with Gasteiger partial charge >= 0.3 is 0 Å². The zero-order valence-electron chi connectivity index (χ0n) is 17.1. The number of nitrogens with one attached hydrogen (secondary N) is 1. The summed E-state index contributed by atoms with van der Waals surface area (Å²) >= 11 is 0. The highest BCUT2D eigenvalue weighted by atomic mass is 19.1. The first-order chi connectivity index (χ1) is 14.5. The van der Waals surface area contributed by atoms with Crippen molar-refractivity contribution in [2.24, 2.45) is 0 Å². The number of carbonyl (C=O) groups excluding carboxylic acids is 1. The highest BCUT2D eigenvalue weighted by Gasteiger charge is 2.17. The highest BCUT2D eigenvalue weighted by Crippen LogP contribution is 2.20. The standard InChI is InChI=1S/C22H24FN5O2/c1-15-20(16(2)28(26-15)18-5-3-17(23)4-6-18)13-22(29)25-21-8-7-19(14-24-21)27-9-11-30-12-10-27/h3-8,14H,9-13H2,1-2H3,(H,24,25,29). The summed E-state index contributed by atoms with van der Waals surface area (Å²) < 4.78 is 20.3. The number of aromatic nitrogens is 3. The molecular weight excluding hydrogens is 385 g/mol. The van der Waals surface area contributed by atoms with E-state index in [0.717, 1.165) is 41.4 Å². The van der Waals surface area contributed by atoms with Crippen molar-refractivity contribution in [1.82, 2.24) is 14.8 Å². The first-order valence-corrected chi connectivity index (χ1v) is 9.91. The van der Waals surface area contributed by atoms with E-state index in [-0.39, 0.29) is 18.1 Å². The summed E-state index contributed by atoms with van der Waals surface area (Å²) in [6.45, 7) is 6.87. The molecule has 0 spiro atoms. The Hall–Kier alpha value is -3.26. The Bertz CT molecular complexity index is 1020. The lowest BCUT2D eigenvalue weighted by molar-refractivity contribution is -0.115. The van der Waals surface area contributed by atoms with Gasteiger partial charge < -0.3 is 15.0 Å². The fourth-order valence-corrected chi connectivity index (χ4v) is 3.58. The van der Waals surface area contributed by atoms with Crippen molar-refractivity contribution in [2.45, 2.75) is 20.3 Å². The smallest absolute Gasteiger partial charge is 0.230 e. The van der Waals surface area contributed by atoms with Gasteiger partial charge in [0.15, 0.2) is 0 Å². The normalized spacial score (nSPS) is 14.0. The van der Waals surface area contributed by atoms with E-state index in [2.05, 4.69) is 20.3 Å². The minimum absolute atomic E-state index is 0.161. The fourth-order valence-electron chi connectivity index (χ4n) is 3.58. The molecule has 8 heteroatoms. The van der Waals surface area contributed by atoms with Crippen molar-refractivity contribution in [1.29, 1.82) is 0 Å². The molecule has 2 aromatic heterocycles. The quantitative estimate of drug-likeness (QED) is 0.701. The molecule has 1 aromatic carbocycles. The molecule has 30 heavy (non-hydrogen) atoms. The van der Waals surface area contributed by atoms with Crippen molar-refractivity contribution in [3.05, 3.63) is 65.4 Å². The molecule has 0 aliphatic carbocycles. The Labute approximate surface area is 174 Å². The third kappa shape index (κ3) is 4.33. The van der Waals surface area contributed by atoms with E-state index >= 15 is 0 Å². The third-order valence-corrected chi connectivity index (χ3v) is 5.24. The number of nitrogens with zero attached hydrogens (tertiary/aromatic N) is 4. The predicted octanol–water partition coefficient (Wildman–Crippen LogP) is 3.04. The van der Waals surface area contributed by atoms with Gasteiger partial charge in [-0.2, -0.15) is 5.10 Å². The van der Waals surface area contributed by atoms with Crippen LogP contribution in [0.4, 0.5) is 15.9 Å². The van der Waals surface area contributed by atoms with E-state index in [9.17, 15) is 9.18 Å². The number of hydrogen-bond acceptors (Lipinski definition) is 5. The van der Waals surface area contributed by atoms with Gasteiger partial charge in [0.2, 0.25) is 5.91 Å². The molecule has 0 saturated carbocycles. The summed E-state index contributed by atoms with van der Waals surface area (Å²) in [5.41, 5.74) is 4.24. The first-order valence-electron chi connectivity index (χ1n) is 9.91. The molecule has 7 nitrogen and oxygen atoms in total. The molecular formula is C22H24FN5O2. The van der Waals surface area contributed by atoms with E-state index in [0.29, 0.717) is 19.0 Å². The second-order valence-electron chi connectivity index (χ2n) is 7.26. The number of ether oxygens (including phenoxy) is 1. The van der Waals surface area contributed by atoms with E-state index < -0.39 is 0 Å². The summed E-state index contributed by atoms with van der Waals surface area (Å²) in [5, 5.41) is 7.37. The minimum atomic E-state index is -0.299. The number of morpholine rings is 1. The van der Waals surface area contributed by atoms with Crippen LogP contribution in [0.1, 0.15) is 17.0 Å². The monoisotopic (exact) mass is 409 g/mol. The van der Waals surface area contributed by atoms with Crippen molar-refractivity contribution in [2.75, 3.05) is 36.5 Å². The van der Waals surface area contributed by atoms with Gasteiger partial charge in [0.1, 0.15) is 11.6 Å². The predicted molar refractivity (Wildman–Crippen MR) is 113 cm³/mol. The number of anilines is 2. The summed E-state index contributed by atoms with van der Waals surface area (Å²) in [6.07, 6.45) is 1.95. The summed E-state index contributed by atoms with van der Waals surface area (Å²) in [4.78, 5) is 19.2. The second kappa shape index (κ2) is 8.62. The van der Waals surface area contributed by atoms with Gasteiger partial charge in [0, 0.05) is 24.3 Å². The molecule has 1 saturated heterocycles. The molecule has 0 radical (unpaired) electrons. The first kappa shape index (κ1) is 20.0. The van der Waals surface area contributed by atoms with E-state index in [1.165, 1.54) is 12.1 Å². The molecule has 0 unspecified atom stereocenters. The van der Waals surface area contributed by atoms with Crippen LogP contribution in [0, 0.1) is 19.7 Å². The number of halogens is 1. The SMILES string of the molecule is Cc1nn(-c2ccc(F)cc2)c(C)c1CC(=O)Nc1ccc(N2CCOCC2)cn1. The maximum atomic E-state index is 13.2. The molecule has 4 rings (SSSR count). The Kier molecular flexibility index (Phi) is 5.76. The lowest BCUT2D eigenvalue weighted by atomic mass is 10.1. The molecule has 1 amide bonds. The van der Waals surface area contributed by atoms with Gasteiger partial charge in [-0.15, -0.1) is 0 Å². The van der Waals surface area contributed by atoms with Gasteiger partial charge in [-0.1, -0.05) is 0 Å². The van der Waals surface area contributed by atoms with Crippen LogP contribution in [0.2, 0.25) is 0 Å². The summed E-state index contributed by atoms with van der Waals surface area (Å²) in [5.74, 6) is 0.0525. The van der Waals surface area contributed by atoms with Gasteiger partial charge in [0.05, 0.1) is 42.9 Å². The molecule has 1 N–H and O–H groups in total. The van der Waals surface area contributed by atoms with Crippen molar-refractivity contribution >= 4 is 17.4 Å². The van der Waals surface area contributed by atoms with Gasteiger partial charge in [-0.3, -0.25) is 4.79 Å². The van der Waals surface area contributed by atoms with Gasteiger partial charge in [-0.05, 0) is 50.2 Å². The molecule has 0 bridgehead atoms. The zero-order chi connectivity index (χ0) is 21.1. The maximum Gasteiger partial charge on any atom is 0.230 e. The fraction of sp³-hybridized carbons (Fsp3) is 0.318. The van der Waals surface area contributed by atoms with E-state index in [1.807, 2.05) is 26.0 Å². The number of carbonyl (C=O) groups is 1. The largest absolute Gasteiger partial charge is 0.378 e. The molecule has 3 aromatic rings. The number of amides is 1. The second-order valence-corrected chi connectivity index (χ2v) is 7.26. The molecule has 1 aliphatic rings. The number of rotatable bonds is 5. The van der Waals surface area contributed by atoms with Crippen molar-refractivity contribution < 1.29 is 13.9 Å². The zero-order valence-corrected chi connectivity index (χ0v) is 17.1. The molecule has 156 valence electrons. The van der Waals surface area contributed by atoms with Crippen LogP contribution in [0.5, 0.6) is 0 Å². The van der Waals surface area contributed by atoms with Crippen LogP contribution >= 0.6 is 0 Å². The topological polar surface area (TPSA) is 72.3 Å². The van der Waals surface area contributed by atoms with Crippen molar-refractivity contribution in [3.8, 4) is 5.69 Å². The lowest BCUT2D eigenvalue weighted by Crippen LogP contribution is -2.36. The summed E-state index contributed by atoms with van der Waals surface area (Å²) in [6, 6.07) is 9.88. The molecule has 3 heterocycles. The van der Waals surface area contributed by atoms with Crippen LogP contribution in [0.3, 0.4) is 0 Å². The van der Waals surface area contributed by atoms with E-state index in [4.69, 9.17) is 4.74 Å². The molecule has 1 aliphatic heterocycles. The Balaban J connectivity index is 1.43. The van der Waals surface area contributed by atoms with Crippen LogP contribution in [-0.2, 0) is 16.0 Å². The minimum Gasteiger partial charge on any atom is -0.378 e. The highest BCUT2D eigenvalue weighted by molar-refractivity contribution is 5.91. The lowest BCUT2D eigenvalue weighted by Gasteiger charge is -2.28. The Morgan fingerprint density at radius 1 is 1.10 bits per heavy atom. The molecule has 1 fully saturated rings. The number of aryl methyl sites for hydroxylation is 1. The van der Waals surface area contributed by atoms with Crippen LogP contribution in [-0.4, -0.2) is 47.0 Å². The number of hydrogen-bond donors (Lipinski definition) is 1. The van der Waals surface area contributed by atoms with Gasteiger partial charge in [-0.25, -0.2) is 14.1 Å². The van der Waals surface area contributed by atoms with E-state index in [1.54, 1.807) is 23.0 Å². The maximum absolute atomic E-state index is 13.2. The number of benzene rings is 1. The Morgan fingerprint density at radius 3 is 2.47 bits per heavy atom. The average Bonchev–Trinajstić information content (AvgIpc) is 3.04. The molecule has 0 atom stereocenters. The Morgan fingerprint density at radius 2 is 1.80 bits per heavy atom. The van der Waals surface area contributed by atoms with Crippen LogP contribution in [0.15, 0.2) is 42.6 Å². The number of pyridine rings is 1. The van der Waals surface area contributed by atoms with Crippen molar-refractivity contribution in [3.63, 3.8) is 0 Å². The summed E-state index contributed by atoms with van der Waals surface area (Å²) in [7, 11) is 0. The van der Waals surface area contributed by atoms with Crippen LogP contribution in [0.25, 0.3) is 5.69 Å². The average molecular weight is 409 g/mol. The van der Waals surface area contributed by atoms with Gasteiger partial charge in [0.25, 0.3) is 0 Å². The van der Waals surface area contributed by atoms with Crippen LogP contribution < -0.4 is 10.2 Å². The third-order valence-electron chi connectivity index (χ3n) is 5.24.